The standard InChI is InChI=1S/C11H10FN3O4S2/c12-8-3-6(13)1-2-7(8)9-4-20-11(14-9)15-21(18,19)5-10(16)17/h1-4H,5,13H2,(H,14,15)(H,16,17). The molecule has 0 aliphatic heterocycles. The molecule has 0 saturated heterocycles. The lowest BCUT2D eigenvalue weighted by molar-refractivity contribution is -0.134. The highest BCUT2D eigenvalue weighted by atomic mass is 32.2. The fraction of sp³-hybridized carbons (Fsp3) is 0.0909. The van der Waals surface area contributed by atoms with E-state index < -0.39 is 27.6 Å². The summed E-state index contributed by atoms with van der Waals surface area (Å²) in [6, 6.07) is 4.05. The SMILES string of the molecule is Nc1ccc(-c2csc(NS(=O)(=O)CC(=O)O)n2)c(F)c1. The first-order valence-corrected chi connectivity index (χ1v) is 8.03. The number of carbonyl (C=O) groups is 1. The van der Waals surface area contributed by atoms with E-state index in [2.05, 4.69) is 4.98 Å². The van der Waals surface area contributed by atoms with E-state index >= 15 is 0 Å². The molecule has 1 aromatic carbocycles. The topological polar surface area (TPSA) is 122 Å². The number of anilines is 2. The number of aliphatic carboxylic acids is 1. The Bertz CT molecular complexity index is 789. The third kappa shape index (κ3) is 3.89. The molecule has 0 fully saturated rings. The van der Waals surface area contributed by atoms with Crippen molar-refractivity contribution in [2.75, 3.05) is 16.2 Å². The second-order valence-electron chi connectivity index (χ2n) is 4.03. The van der Waals surface area contributed by atoms with E-state index in [9.17, 15) is 17.6 Å². The van der Waals surface area contributed by atoms with Gasteiger partial charge in [-0.05, 0) is 18.2 Å². The number of thiazole rings is 1. The van der Waals surface area contributed by atoms with Crippen molar-refractivity contribution < 1.29 is 22.7 Å². The minimum absolute atomic E-state index is 0.0394. The van der Waals surface area contributed by atoms with Crippen molar-refractivity contribution in [2.45, 2.75) is 0 Å². The summed E-state index contributed by atoms with van der Waals surface area (Å²) in [7, 11) is -4.03. The zero-order valence-corrected chi connectivity index (χ0v) is 12.0. The highest BCUT2D eigenvalue weighted by Crippen LogP contribution is 2.28. The summed E-state index contributed by atoms with van der Waals surface area (Å²) in [5, 5.41) is 9.89. The Morgan fingerprint density at radius 2 is 2.19 bits per heavy atom. The summed E-state index contributed by atoms with van der Waals surface area (Å²) < 4.78 is 38.6. The molecule has 0 aliphatic carbocycles. The van der Waals surface area contributed by atoms with Gasteiger partial charge in [0.05, 0.1) is 5.69 Å². The molecule has 0 spiro atoms. The minimum Gasteiger partial charge on any atom is -0.480 e. The predicted molar refractivity (Wildman–Crippen MR) is 77.0 cm³/mol. The largest absolute Gasteiger partial charge is 0.480 e. The van der Waals surface area contributed by atoms with E-state index in [1.807, 2.05) is 4.72 Å². The van der Waals surface area contributed by atoms with Crippen LogP contribution in [-0.4, -0.2) is 30.2 Å². The highest BCUT2D eigenvalue weighted by molar-refractivity contribution is 7.93. The van der Waals surface area contributed by atoms with Gasteiger partial charge in [0.2, 0.25) is 10.0 Å². The van der Waals surface area contributed by atoms with Crippen LogP contribution < -0.4 is 10.5 Å². The van der Waals surface area contributed by atoms with Gasteiger partial charge in [-0.15, -0.1) is 11.3 Å². The number of nitrogen functional groups attached to an aromatic ring is 1. The lowest BCUT2D eigenvalue weighted by Crippen LogP contribution is -2.22. The zero-order valence-electron chi connectivity index (χ0n) is 10.4. The van der Waals surface area contributed by atoms with E-state index in [1.165, 1.54) is 17.5 Å². The van der Waals surface area contributed by atoms with E-state index in [0.717, 1.165) is 17.4 Å². The maximum Gasteiger partial charge on any atom is 0.320 e. The molecular formula is C11H10FN3O4S2. The second-order valence-corrected chi connectivity index (χ2v) is 6.61. The van der Waals surface area contributed by atoms with Gasteiger partial charge in [0, 0.05) is 16.6 Å². The first-order chi connectivity index (χ1) is 9.77. The molecule has 0 atom stereocenters. The van der Waals surface area contributed by atoms with Crippen LogP contribution in [0.25, 0.3) is 11.3 Å². The molecule has 2 aromatic rings. The predicted octanol–water partition coefficient (Wildman–Crippen LogP) is 1.36. The molecule has 1 aromatic heterocycles. The fourth-order valence-electron chi connectivity index (χ4n) is 1.52. The van der Waals surface area contributed by atoms with E-state index in [1.54, 1.807) is 0 Å². The van der Waals surface area contributed by atoms with Crippen molar-refractivity contribution in [2.24, 2.45) is 0 Å². The number of nitrogens with two attached hydrogens (primary N) is 1. The summed E-state index contributed by atoms with van der Waals surface area (Å²) in [4.78, 5) is 14.3. The Balaban J connectivity index is 2.24. The monoisotopic (exact) mass is 331 g/mol. The van der Waals surface area contributed by atoms with Crippen LogP contribution in [0.2, 0.25) is 0 Å². The number of nitrogens with zero attached hydrogens (tertiary/aromatic N) is 1. The average Bonchev–Trinajstić information content (AvgIpc) is 2.74. The van der Waals surface area contributed by atoms with Gasteiger partial charge < -0.3 is 10.8 Å². The number of benzene rings is 1. The molecular weight excluding hydrogens is 321 g/mol. The van der Waals surface area contributed by atoms with Crippen molar-refractivity contribution in [3.8, 4) is 11.3 Å². The molecule has 112 valence electrons. The van der Waals surface area contributed by atoms with Gasteiger partial charge in [-0.25, -0.2) is 17.8 Å². The summed E-state index contributed by atoms with van der Waals surface area (Å²) >= 11 is 0.919. The van der Waals surface area contributed by atoms with Crippen LogP contribution in [0.3, 0.4) is 0 Å². The van der Waals surface area contributed by atoms with Gasteiger partial charge in [0.25, 0.3) is 0 Å². The minimum atomic E-state index is -4.03. The van der Waals surface area contributed by atoms with Crippen LogP contribution in [0, 0.1) is 5.82 Å². The highest BCUT2D eigenvalue weighted by Gasteiger charge is 2.18. The number of nitrogens with one attached hydrogen (secondary N) is 1. The van der Waals surface area contributed by atoms with Gasteiger partial charge >= 0.3 is 5.97 Å². The molecule has 4 N–H and O–H groups in total. The molecule has 10 heteroatoms. The summed E-state index contributed by atoms with van der Waals surface area (Å²) in [5.41, 5.74) is 6.09. The van der Waals surface area contributed by atoms with Gasteiger partial charge in [0.15, 0.2) is 10.9 Å². The Hall–Kier alpha value is -2.20. The maximum absolute atomic E-state index is 13.7. The Morgan fingerprint density at radius 1 is 1.48 bits per heavy atom. The van der Waals surface area contributed by atoms with E-state index in [0.29, 0.717) is 0 Å². The Labute approximate surface area is 123 Å². The Kier molecular flexibility index (Phi) is 4.09. The lowest BCUT2D eigenvalue weighted by atomic mass is 10.1. The number of sulfonamides is 1. The van der Waals surface area contributed by atoms with Crippen LogP contribution in [0.5, 0.6) is 0 Å². The molecule has 0 amide bonds. The van der Waals surface area contributed by atoms with Crippen LogP contribution in [0.4, 0.5) is 15.2 Å². The number of carboxylic acid groups (broad SMARTS) is 1. The van der Waals surface area contributed by atoms with Crippen molar-refractivity contribution >= 4 is 38.1 Å². The van der Waals surface area contributed by atoms with Crippen molar-refractivity contribution in [3.05, 3.63) is 29.4 Å². The first-order valence-electron chi connectivity index (χ1n) is 5.50. The number of halogens is 1. The molecule has 1 heterocycles. The maximum atomic E-state index is 13.7. The smallest absolute Gasteiger partial charge is 0.320 e. The van der Waals surface area contributed by atoms with Gasteiger partial charge in [-0.1, -0.05) is 0 Å². The fourth-order valence-corrected chi connectivity index (χ4v) is 3.35. The molecule has 7 nitrogen and oxygen atoms in total. The average molecular weight is 331 g/mol. The number of carboxylic acids is 1. The van der Waals surface area contributed by atoms with Crippen LogP contribution >= 0.6 is 11.3 Å². The number of aromatic nitrogens is 1. The van der Waals surface area contributed by atoms with E-state index in [-0.39, 0.29) is 22.1 Å². The summed E-state index contributed by atoms with van der Waals surface area (Å²) in [6.45, 7) is 0. The summed E-state index contributed by atoms with van der Waals surface area (Å²) in [5.74, 6) is -3.14. The normalized spacial score (nSPS) is 11.3. The number of rotatable bonds is 5. The van der Waals surface area contributed by atoms with Crippen molar-refractivity contribution in [3.63, 3.8) is 0 Å². The molecule has 0 bridgehead atoms. The number of hydrogen-bond donors (Lipinski definition) is 3. The molecule has 0 aliphatic rings. The molecule has 0 unspecified atom stereocenters. The van der Waals surface area contributed by atoms with Gasteiger partial charge in [-0.2, -0.15) is 0 Å². The molecule has 2 rings (SSSR count). The van der Waals surface area contributed by atoms with Crippen molar-refractivity contribution in [1.29, 1.82) is 0 Å². The molecule has 0 radical (unpaired) electrons. The van der Waals surface area contributed by atoms with E-state index in [4.69, 9.17) is 10.8 Å². The zero-order chi connectivity index (χ0) is 15.6. The number of hydrogen-bond acceptors (Lipinski definition) is 6. The van der Waals surface area contributed by atoms with Gasteiger partial charge in [-0.3, -0.25) is 9.52 Å². The third-order valence-corrected chi connectivity index (χ3v) is 4.35. The van der Waals surface area contributed by atoms with Crippen LogP contribution in [0.15, 0.2) is 23.6 Å². The second kappa shape index (κ2) is 5.66. The third-order valence-electron chi connectivity index (χ3n) is 2.33. The lowest BCUT2D eigenvalue weighted by Gasteiger charge is -2.02. The molecule has 0 saturated carbocycles. The van der Waals surface area contributed by atoms with Crippen molar-refractivity contribution in [1.82, 2.24) is 4.98 Å². The quantitative estimate of drug-likeness (QED) is 0.711. The van der Waals surface area contributed by atoms with Crippen LogP contribution in [0.1, 0.15) is 0 Å². The molecule has 21 heavy (non-hydrogen) atoms. The first kappa shape index (κ1) is 15.2. The van der Waals surface area contributed by atoms with Crippen LogP contribution in [-0.2, 0) is 14.8 Å². The Morgan fingerprint density at radius 3 is 2.81 bits per heavy atom. The summed E-state index contributed by atoms with van der Waals surface area (Å²) in [6.07, 6.45) is 0. The van der Waals surface area contributed by atoms with Gasteiger partial charge in [0.1, 0.15) is 5.82 Å².